The van der Waals surface area contributed by atoms with Crippen LogP contribution in [-0.2, 0) is 29.1 Å². The summed E-state index contributed by atoms with van der Waals surface area (Å²) in [5.74, 6) is 0.427. The molecule has 0 bridgehead atoms. The monoisotopic (exact) mass is 562 g/mol. The first-order chi connectivity index (χ1) is 13.0. The van der Waals surface area contributed by atoms with E-state index in [9.17, 15) is 21.6 Å². The maximum Gasteiger partial charge on any atom is 0.434 e. The lowest BCUT2D eigenvalue weighted by atomic mass is 10.1. The van der Waals surface area contributed by atoms with Crippen molar-refractivity contribution in [2.75, 3.05) is 12.8 Å². The first kappa shape index (κ1) is 25.6. The second-order valence-electron chi connectivity index (χ2n) is 6.04. The van der Waals surface area contributed by atoms with Gasteiger partial charge in [0.1, 0.15) is 5.01 Å². The van der Waals surface area contributed by atoms with E-state index in [1.165, 1.54) is 0 Å². The van der Waals surface area contributed by atoms with Crippen LogP contribution in [-0.4, -0.2) is 32.2 Å². The van der Waals surface area contributed by atoms with Crippen molar-refractivity contribution >= 4 is 51.1 Å². The van der Waals surface area contributed by atoms with Crippen molar-refractivity contribution in [1.29, 1.82) is 0 Å². The van der Waals surface area contributed by atoms with Gasteiger partial charge in [-0.05, 0) is 31.0 Å². The van der Waals surface area contributed by atoms with Crippen LogP contribution < -0.4 is 10.6 Å². The van der Waals surface area contributed by atoms with Gasteiger partial charge >= 0.3 is 6.18 Å². The molecule has 0 radical (unpaired) electrons. The number of benzene rings is 1. The second kappa shape index (κ2) is 10.6. The molecule has 0 unspecified atom stereocenters. The highest BCUT2D eigenvalue weighted by molar-refractivity contribution is 14.0. The van der Waals surface area contributed by atoms with E-state index in [0.29, 0.717) is 23.1 Å². The number of alkyl halides is 3. The maximum absolute atomic E-state index is 12.6. The first-order valence-corrected chi connectivity index (χ1v) is 11.1. The highest BCUT2D eigenvalue weighted by Crippen LogP contribution is 2.29. The molecule has 0 aliphatic heterocycles. The number of aryl methyl sites for hydroxylation is 1. The number of hydrogen-bond donors (Lipinski definition) is 2. The minimum absolute atomic E-state index is 0. The fourth-order valence-electron chi connectivity index (χ4n) is 2.42. The van der Waals surface area contributed by atoms with E-state index in [-0.39, 0.29) is 42.0 Å². The van der Waals surface area contributed by atoms with E-state index >= 15 is 0 Å². The molecule has 29 heavy (non-hydrogen) atoms. The zero-order chi connectivity index (χ0) is 20.9. The lowest BCUT2D eigenvalue weighted by molar-refractivity contribution is -0.140. The topological polar surface area (TPSA) is 83.5 Å². The highest BCUT2D eigenvalue weighted by atomic mass is 127. The van der Waals surface area contributed by atoms with Crippen LogP contribution in [0.15, 0.2) is 33.5 Å². The van der Waals surface area contributed by atoms with Crippen LogP contribution in [0.3, 0.4) is 0 Å². The van der Waals surface area contributed by atoms with E-state index in [1.54, 1.807) is 25.1 Å². The van der Waals surface area contributed by atoms with Crippen molar-refractivity contribution < 1.29 is 21.6 Å². The number of nitrogens with one attached hydrogen (secondary N) is 2. The molecule has 0 aliphatic carbocycles. The van der Waals surface area contributed by atoms with Gasteiger partial charge in [-0.15, -0.1) is 35.3 Å². The Kier molecular flexibility index (Phi) is 9.34. The Labute approximate surface area is 189 Å². The molecular formula is C17H22F3IN4O2S2. The molecule has 0 fully saturated rings. The molecule has 0 amide bonds. The van der Waals surface area contributed by atoms with Gasteiger partial charge < -0.3 is 10.6 Å². The van der Waals surface area contributed by atoms with E-state index in [0.717, 1.165) is 28.5 Å². The fourth-order valence-corrected chi connectivity index (χ4v) is 4.12. The minimum Gasteiger partial charge on any atom is -0.357 e. The predicted molar refractivity (Wildman–Crippen MR) is 118 cm³/mol. The summed E-state index contributed by atoms with van der Waals surface area (Å²) in [4.78, 5) is 8.23. The second-order valence-corrected chi connectivity index (χ2v) is 8.97. The molecule has 1 aromatic heterocycles. The fraction of sp³-hybridized carbons (Fsp3) is 0.412. The van der Waals surface area contributed by atoms with Crippen LogP contribution in [0, 0.1) is 6.92 Å². The van der Waals surface area contributed by atoms with Gasteiger partial charge in [-0.1, -0.05) is 12.1 Å². The van der Waals surface area contributed by atoms with Gasteiger partial charge in [0, 0.05) is 18.2 Å². The SMILES string of the molecule is CCNC(=NCc1ccc(S(C)(=O)=O)c(C)c1)NCc1nc(C(F)(F)F)cs1.I. The van der Waals surface area contributed by atoms with E-state index < -0.39 is 21.7 Å². The lowest BCUT2D eigenvalue weighted by Gasteiger charge is -2.11. The summed E-state index contributed by atoms with van der Waals surface area (Å²) < 4.78 is 61.2. The van der Waals surface area contributed by atoms with Crippen molar-refractivity contribution in [2.45, 2.75) is 38.0 Å². The van der Waals surface area contributed by atoms with Crippen LogP contribution in [0.5, 0.6) is 0 Å². The van der Waals surface area contributed by atoms with E-state index in [4.69, 9.17) is 0 Å². The molecule has 1 aromatic carbocycles. The molecule has 162 valence electrons. The number of nitrogens with zero attached hydrogens (tertiary/aromatic N) is 2. The van der Waals surface area contributed by atoms with Gasteiger partial charge in [-0.2, -0.15) is 13.2 Å². The molecule has 0 atom stereocenters. The Hall–Kier alpha value is -1.41. The Balaban J connectivity index is 0.00000420. The van der Waals surface area contributed by atoms with Crippen molar-refractivity contribution in [3.05, 3.63) is 45.4 Å². The molecule has 0 saturated carbocycles. The number of rotatable bonds is 6. The quantitative estimate of drug-likeness (QED) is 0.319. The summed E-state index contributed by atoms with van der Waals surface area (Å²) in [5.41, 5.74) is 0.545. The van der Waals surface area contributed by atoms with Crippen LogP contribution in [0.25, 0.3) is 0 Å². The van der Waals surface area contributed by atoms with E-state index in [1.807, 2.05) is 6.92 Å². The molecule has 0 aliphatic rings. The average molecular weight is 562 g/mol. The van der Waals surface area contributed by atoms with Gasteiger partial charge in [-0.25, -0.2) is 18.4 Å². The summed E-state index contributed by atoms with van der Waals surface area (Å²) in [6.07, 6.45) is -3.30. The van der Waals surface area contributed by atoms with Crippen LogP contribution in [0.2, 0.25) is 0 Å². The lowest BCUT2D eigenvalue weighted by Crippen LogP contribution is -2.36. The van der Waals surface area contributed by atoms with Crippen molar-refractivity contribution in [1.82, 2.24) is 15.6 Å². The Morgan fingerprint density at radius 1 is 1.28 bits per heavy atom. The predicted octanol–water partition coefficient (Wildman–Crippen LogP) is 3.75. The summed E-state index contributed by atoms with van der Waals surface area (Å²) in [7, 11) is -3.28. The molecule has 2 aromatic rings. The highest BCUT2D eigenvalue weighted by Gasteiger charge is 2.33. The summed E-state index contributed by atoms with van der Waals surface area (Å²) >= 11 is 0.924. The third kappa shape index (κ3) is 7.74. The van der Waals surface area contributed by atoms with Gasteiger partial charge in [-0.3, -0.25) is 0 Å². The third-order valence-corrected chi connectivity index (χ3v) is 5.76. The van der Waals surface area contributed by atoms with Gasteiger partial charge in [0.05, 0.1) is 18.0 Å². The van der Waals surface area contributed by atoms with Crippen LogP contribution in [0.1, 0.15) is 28.8 Å². The smallest absolute Gasteiger partial charge is 0.357 e. The van der Waals surface area contributed by atoms with Gasteiger partial charge in [0.15, 0.2) is 21.5 Å². The number of aromatic nitrogens is 1. The molecule has 6 nitrogen and oxygen atoms in total. The Morgan fingerprint density at radius 2 is 1.97 bits per heavy atom. The Morgan fingerprint density at radius 3 is 2.48 bits per heavy atom. The number of halogens is 4. The molecule has 2 N–H and O–H groups in total. The van der Waals surface area contributed by atoms with E-state index in [2.05, 4.69) is 20.6 Å². The largest absolute Gasteiger partial charge is 0.434 e. The summed E-state index contributed by atoms with van der Waals surface area (Å²) in [5, 5.41) is 7.23. The number of aliphatic imine (C=N–C) groups is 1. The molecular weight excluding hydrogens is 540 g/mol. The molecule has 2 rings (SSSR count). The van der Waals surface area contributed by atoms with Crippen molar-refractivity contribution in [3.8, 4) is 0 Å². The zero-order valence-corrected chi connectivity index (χ0v) is 20.0. The number of hydrogen-bond acceptors (Lipinski definition) is 5. The van der Waals surface area contributed by atoms with Gasteiger partial charge in [0.2, 0.25) is 0 Å². The van der Waals surface area contributed by atoms with Gasteiger partial charge in [0.25, 0.3) is 0 Å². The molecule has 0 spiro atoms. The third-order valence-electron chi connectivity index (χ3n) is 3.65. The normalized spacial score (nSPS) is 12.4. The molecule has 1 heterocycles. The molecule has 0 saturated heterocycles. The van der Waals surface area contributed by atoms with Crippen LogP contribution in [0.4, 0.5) is 13.2 Å². The number of guanidine groups is 1. The Bertz CT molecular complexity index is 960. The minimum atomic E-state index is -4.46. The zero-order valence-electron chi connectivity index (χ0n) is 16.0. The van der Waals surface area contributed by atoms with Crippen molar-refractivity contribution in [3.63, 3.8) is 0 Å². The maximum atomic E-state index is 12.6. The standard InChI is InChI=1S/C17H21F3N4O2S2.HI/c1-4-21-16(23-9-15-24-14(10-27-15)17(18,19)20)22-8-12-5-6-13(11(2)7-12)28(3,25)26;/h5-7,10H,4,8-9H2,1-3H3,(H2,21,22,23);1H. The summed E-state index contributed by atoms with van der Waals surface area (Å²) in [6, 6.07) is 4.98. The number of thiazole rings is 1. The van der Waals surface area contributed by atoms with Crippen molar-refractivity contribution in [2.24, 2.45) is 4.99 Å². The molecule has 12 heteroatoms. The number of sulfone groups is 1. The average Bonchev–Trinajstić information content (AvgIpc) is 3.05. The summed E-state index contributed by atoms with van der Waals surface area (Å²) in [6.45, 7) is 4.55. The van der Waals surface area contributed by atoms with Crippen LogP contribution >= 0.6 is 35.3 Å². The first-order valence-electron chi connectivity index (χ1n) is 8.34.